The molecule has 1 rings (SSSR count). The Bertz CT molecular complexity index is 201. The fraction of sp³-hybridized carbons (Fsp3) is 1.00. The minimum Gasteiger partial charge on any atom is -0.376 e. The monoisotopic (exact) mass is 243 g/mol. The van der Waals surface area contributed by atoms with Crippen LogP contribution in [0.25, 0.3) is 0 Å². The van der Waals surface area contributed by atoms with Gasteiger partial charge in [-0.1, -0.05) is 6.92 Å². The molecule has 0 amide bonds. The Hall–Kier alpha value is -0.120. The van der Waals surface area contributed by atoms with Crippen LogP contribution in [0.15, 0.2) is 0 Å². The molecule has 0 heterocycles. The van der Waals surface area contributed by atoms with Crippen LogP contribution in [0.3, 0.4) is 0 Å². The van der Waals surface area contributed by atoms with Crippen LogP contribution in [0.4, 0.5) is 0 Å². The minimum absolute atomic E-state index is 0.0513. The van der Waals surface area contributed by atoms with Crippen LogP contribution < -0.4 is 5.32 Å². The number of hydrogen-bond donors (Lipinski definition) is 1. The second-order valence-electron chi connectivity index (χ2n) is 5.92. The predicted octanol–water partition coefficient (Wildman–Crippen LogP) is 2.74. The lowest BCUT2D eigenvalue weighted by Gasteiger charge is -2.20. The summed E-state index contributed by atoms with van der Waals surface area (Å²) in [5.74, 6) is 0. The molecular formula is C14H29NO2. The molecule has 3 heteroatoms. The number of rotatable bonds is 7. The van der Waals surface area contributed by atoms with Gasteiger partial charge in [-0.2, -0.15) is 0 Å². The lowest BCUT2D eigenvalue weighted by atomic mass is 10.2. The Balaban J connectivity index is 2.02. The molecule has 17 heavy (non-hydrogen) atoms. The van der Waals surface area contributed by atoms with Crippen molar-refractivity contribution in [2.24, 2.45) is 0 Å². The SMILES string of the molecule is CCCNC1CCC(OCCOC(C)(C)C)C1. The Morgan fingerprint density at radius 2 is 1.94 bits per heavy atom. The van der Waals surface area contributed by atoms with E-state index in [2.05, 4.69) is 33.0 Å². The molecule has 0 spiro atoms. The van der Waals surface area contributed by atoms with E-state index in [9.17, 15) is 0 Å². The van der Waals surface area contributed by atoms with E-state index < -0.39 is 0 Å². The van der Waals surface area contributed by atoms with Gasteiger partial charge in [-0.05, 0) is 53.0 Å². The topological polar surface area (TPSA) is 30.5 Å². The van der Waals surface area contributed by atoms with Crippen LogP contribution in [0.5, 0.6) is 0 Å². The van der Waals surface area contributed by atoms with Crippen LogP contribution in [-0.2, 0) is 9.47 Å². The second-order valence-corrected chi connectivity index (χ2v) is 5.92. The fourth-order valence-corrected chi connectivity index (χ4v) is 2.19. The van der Waals surface area contributed by atoms with Gasteiger partial charge in [0.25, 0.3) is 0 Å². The summed E-state index contributed by atoms with van der Waals surface area (Å²) in [4.78, 5) is 0. The minimum atomic E-state index is -0.0513. The summed E-state index contributed by atoms with van der Waals surface area (Å²) in [6.07, 6.45) is 5.26. The summed E-state index contributed by atoms with van der Waals surface area (Å²) < 4.78 is 11.5. The molecule has 0 saturated heterocycles. The van der Waals surface area contributed by atoms with Crippen molar-refractivity contribution in [3.63, 3.8) is 0 Å². The molecule has 0 aliphatic heterocycles. The van der Waals surface area contributed by atoms with Gasteiger partial charge in [-0.15, -0.1) is 0 Å². The van der Waals surface area contributed by atoms with Gasteiger partial charge in [0.15, 0.2) is 0 Å². The van der Waals surface area contributed by atoms with Crippen LogP contribution in [-0.4, -0.2) is 37.5 Å². The van der Waals surface area contributed by atoms with E-state index in [4.69, 9.17) is 9.47 Å². The van der Waals surface area contributed by atoms with Crippen molar-refractivity contribution >= 4 is 0 Å². The van der Waals surface area contributed by atoms with Crippen LogP contribution in [0.1, 0.15) is 53.4 Å². The highest BCUT2D eigenvalue weighted by atomic mass is 16.5. The molecule has 3 nitrogen and oxygen atoms in total. The zero-order valence-corrected chi connectivity index (χ0v) is 11.9. The van der Waals surface area contributed by atoms with Crippen molar-refractivity contribution in [3.05, 3.63) is 0 Å². The van der Waals surface area contributed by atoms with E-state index in [1.165, 1.54) is 19.3 Å². The van der Waals surface area contributed by atoms with Crippen LogP contribution in [0.2, 0.25) is 0 Å². The smallest absolute Gasteiger partial charge is 0.0707 e. The first-order valence-electron chi connectivity index (χ1n) is 7.00. The van der Waals surface area contributed by atoms with Gasteiger partial charge in [0.05, 0.1) is 24.9 Å². The van der Waals surface area contributed by atoms with Gasteiger partial charge >= 0.3 is 0 Å². The van der Waals surface area contributed by atoms with E-state index in [-0.39, 0.29) is 5.60 Å². The third kappa shape index (κ3) is 7.02. The van der Waals surface area contributed by atoms with E-state index in [0.29, 0.717) is 18.8 Å². The van der Waals surface area contributed by atoms with Gasteiger partial charge in [0, 0.05) is 6.04 Å². The average molecular weight is 243 g/mol. The number of hydrogen-bond acceptors (Lipinski definition) is 3. The van der Waals surface area contributed by atoms with Crippen molar-refractivity contribution in [1.82, 2.24) is 5.32 Å². The van der Waals surface area contributed by atoms with Gasteiger partial charge < -0.3 is 14.8 Å². The van der Waals surface area contributed by atoms with Crippen LogP contribution in [0, 0.1) is 0 Å². The van der Waals surface area contributed by atoms with E-state index in [1.54, 1.807) is 0 Å². The molecular weight excluding hydrogens is 214 g/mol. The molecule has 1 aliphatic rings. The maximum Gasteiger partial charge on any atom is 0.0707 e. The second kappa shape index (κ2) is 7.34. The Morgan fingerprint density at radius 1 is 1.18 bits per heavy atom. The molecule has 0 radical (unpaired) electrons. The molecule has 2 unspecified atom stereocenters. The standard InChI is InChI=1S/C14H29NO2/c1-5-8-15-12-6-7-13(11-12)16-9-10-17-14(2,3)4/h12-13,15H,5-11H2,1-4H3. The van der Waals surface area contributed by atoms with E-state index >= 15 is 0 Å². The largest absolute Gasteiger partial charge is 0.376 e. The Morgan fingerprint density at radius 3 is 2.59 bits per heavy atom. The maximum atomic E-state index is 5.84. The summed E-state index contributed by atoms with van der Waals surface area (Å²) in [5.41, 5.74) is -0.0513. The molecule has 102 valence electrons. The van der Waals surface area contributed by atoms with Crippen molar-refractivity contribution in [2.45, 2.75) is 71.1 Å². The van der Waals surface area contributed by atoms with Crippen molar-refractivity contribution in [1.29, 1.82) is 0 Å². The first kappa shape index (κ1) is 14.9. The van der Waals surface area contributed by atoms with Gasteiger partial charge in [0.1, 0.15) is 0 Å². The highest BCUT2D eigenvalue weighted by Crippen LogP contribution is 2.22. The van der Waals surface area contributed by atoms with Crippen LogP contribution >= 0.6 is 0 Å². The molecule has 0 aromatic heterocycles. The molecule has 1 aliphatic carbocycles. The van der Waals surface area contributed by atoms with E-state index in [1.807, 2.05) is 0 Å². The van der Waals surface area contributed by atoms with Crippen molar-refractivity contribution in [2.75, 3.05) is 19.8 Å². The summed E-state index contributed by atoms with van der Waals surface area (Å²) >= 11 is 0. The van der Waals surface area contributed by atoms with Crippen molar-refractivity contribution < 1.29 is 9.47 Å². The van der Waals surface area contributed by atoms with Gasteiger partial charge in [-0.25, -0.2) is 0 Å². The fourth-order valence-electron chi connectivity index (χ4n) is 2.19. The summed E-state index contributed by atoms with van der Waals surface area (Å²) in [7, 11) is 0. The Labute approximate surface area is 106 Å². The third-order valence-electron chi connectivity index (χ3n) is 3.04. The lowest BCUT2D eigenvalue weighted by Crippen LogP contribution is -2.28. The molecule has 0 bridgehead atoms. The number of nitrogens with one attached hydrogen (secondary N) is 1. The van der Waals surface area contributed by atoms with E-state index in [0.717, 1.165) is 19.6 Å². The van der Waals surface area contributed by atoms with Gasteiger partial charge in [-0.3, -0.25) is 0 Å². The first-order valence-corrected chi connectivity index (χ1v) is 7.00. The molecule has 0 aromatic rings. The maximum absolute atomic E-state index is 5.84. The zero-order valence-electron chi connectivity index (χ0n) is 11.9. The summed E-state index contributed by atoms with van der Waals surface area (Å²) in [6, 6.07) is 0.670. The predicted molar refractivity (Wildman–Crippen MR) is 71.4 cm³/mol. The lowest BCUT2D eigenvalue weighted by molar-refractivity contribution is -0.0504. The first-order chi connectivity index (χ1) is 8.01. The van der Waals surface area contributed by atoms with Gasteiger partial charge in [0.2, 0.25) is 0 Å². The van der Waals surface area contributed by atoms with Crippen molar-refractivity contribution in [3.8, 4) is 0 Å². The highest BCUT2D eigenvalue weighted by molar-refractivity contribution is 4.81. The summed E-state index contributed by atoms with van der Waals surface area (Å²) in [5, 5.41) is 3.56. The molecule has 1 saturated carbocycles. The molecule has 1 N–H and O–H groups in total. The molecule has 1 fully saturated rings. The quantitative estimate of drug-likeness (QED) is 0.697. The third-order valence-corrected chi connectivity index (χ3v) is 3.04. The number of ether oxygens (including phenoxy) is 2. The molecule has 0 aromatic carbocycles. The zero-order chi connectivity index (χ0) is 12.7. The normalized spacial score (nSPS) is 25.4. The molecule has 2 atom stereocenters. The summed E-state index contributed by atoms with van der Waals surface area (Å²) in [6.45, 7) is 11.0. The average Bonchev–Trinajstić information content (AvgIpc) is 2.68. The highest BCUT2D eigenvalue weighted by Gasteiger charge is 2.24. The Kier molecular flexibility index (Phi) is 6.45.